The number of halogens is 5. The van der Waals surface area contributed by atoms with Crippen LogP contribution >= 0.6 is 67.8 Å². The van der Waals surface area contributed by atoms with E-state index in [4.69, 9.17) is 4.55 Å². The van der Waals surface area contributed by atoms with E-state index in [0.29, 0.717) is 10.5 Å². The molecule has 0 radical (unpaired) electrons. The molecule has 0 saturated carbocycles. The van der Waals surface area contributed by atoms with Gasteiger partial charge in [0.15, 0.2) is 6.10 Å². The lowest BCUT2D eigenvalue weighted by molar-refractivity contribution is -0.0550. The standard InChI is InChI=1S/C18H12F2I3NO7S/c1-8(18(19,20)32(28,29)30)31-17(27)11-5-3-2-4-10(11)15(25)24-16(26)12-6-9(21)7-13(22)14(12)23/h2-8H,1H3,(H,24,25,26)(H,28,29,30). The topological polar surface area (TPSA) is 127 Å². The van der Waals surface area contributed by atoms with Crippen LogP contribution in [0, 0.1) is 10.7 Å². The van der Waals surface area contributed by atoms with Gasteiger partial charge in [-0.3, -0.25) is 19.5 Å². The monoisotopic (exact) mass is 805 g/mol. The van der Waals surface area contributed by atoms with Gasteiger partial charge in [0.2, 0.25) is 0 Å². The number of ether oxygens (including phenoxy) is 1. The van der Waals surface area contributed by atoms with Gasteiger partial charge in [-0.25, -0.2) is 4.79 Å². The molecule has 2 aromatic carbocycles. The molecule has 0 aliphatic heterocycles. The Morgan fingerprint density at radius 2 is 1.56 bits per heavy atom. The van der Waals surface area contributed by atoms with Crippen LogP contribution in [0.3, 0.4) is 0 Å². The van der Waals surface area contributed by atoms with Crippen molar-refractivity contribution in [3.63, 3.8) is 0 Å². The van der Waals surface area contributed by atoms with Gasteiger partial charge in [0.05, 0.1) is 16.7 Å². The predicted molar refractivity (Wildman–Crippen MR) is 134 cm³/mol. The van der Waals surface area contributed by atoms with E-state index in [1.54, 1.807) is 6.07 Å². The fraction of sp³-hybridized carbons (Fsp3) is 0.167. The maximum atomic E-state index is 13.7. The van der Waals surface area contributed by atoms with E-state index in [1.165, 1.54) is 12.1 Å². The van der Waals surface area contributed by atoms with Gasteiger partial charge in [0.1, 0.15) is 0 Å². The molecule has 8 nitrogen and oxygen atoms in total. The summed E-state index contributed by atoms with van der Waals surface area (Å²) in [5.41, 5.74) is -0.622. The van der Waals surface area contributed by atoms with Gasteiger partial charge in [-0.2, -0.15) is 17.2 Å². The van der Waals surface area contributed by atoms with Gasteiger partial charge in [-0.1, -0.05) is 12.1 Å². The average molecular weight is 805 g/mol. The Labute approximate surface area is 222 Å². The molecule has 0 heterocycles. The summed E-state index contributed by atoms with van der Waals surface area (Å²) in [5.74, 6) is -3.19. The molecule has 32 heavy (non-hydrogen) atoms. The summed E-state index contributed by atoms with van der Waals surface area (Å²) in [5, 5.41) is -2.64. The Morgan fingerprint density at radius 3 is 2.12 bits per heavy atom. The van der Waals surface area contributed by atoms with Crippen LogP contribution in [0.15, 0.2) is 36.4 Å². The van der Waals surface area contributed by atoms with Crippen molar-refractivity contribution in [3.8, 4) is 0 Å². The van der Waals surface area contributed by atoms with E-state index < -0.39 is 44.8 Å². The van der Waals surface area contributed by atoms with E-state index in [9.17, 15) is 31.6 Å². The molecule has 0 aliphatic rings. The summed E-state index contributed by atoms with van der Waals surface area (Å²) < 4.78 is 64.3. The molecular formula is C18H12F2I3NO7S. The number of carbonyl (C=O) groups excluding carboxylic acids is 3. The first-order chi connectivity index (χ1) is 14.7. The summed E-state index contributed by atoms with van der Waals surface area (Å²) in [6.45, 7) is 0.568. The number of benzene rings is 2. The van der Waals surface area contributed by atoms with Crippen molar-refractivity contribution < 1.29 is 40.9 Å². The third-order valence-electron chi connectivity index (χ3n) is 3.96. The zero-order chi connectivity index (χ0) is 24.4. The number of nitrogens with one attached hydrogen (secondary N) is 1. The first kappa shape index (κ1) is 27.3. The minimum absolute atomic E-state index is 0.219. The first-order valence-electron chi connectivity index (χ1n) is 8.32. The second-order valence-corrected chi connectivity index (χ2v) is 11.1. The minimum atomic E-state index is -5.85. The molecular weight excluding hydrogens is 793 g/mol. The fourth-order valence-electron chi connectivity index (χ4n) is 2.32. The lowest BCUT2D eigenvalue weighted by atomic mass is 10.1. The molecule has 0 bridgehead atoms. The highest BCUT2D eigenvalue weighted by atomic mass is 127. The summed E-state index contributed by atoms with van der Waals surface area (Å²) in [6.07, 6.45) is -2.56. The summed E-state index contributed by atoms with van der Waals surface area (Å²) in [7, 11) is -5.85. The maximum absolute atomic E-state index is 13.7. The van der Waals surface area contributed by atoms with Gasteiger partial charge in [0.25, 0.3) is 11.8 Å². The number of hydrogen-bond acceptors (Lipinski definition) is 6. The molecule has 0 aliphatic carbocycles. The SMILES string of the molecule is CC(OC(=O)c1ccccc1C(=O)NC(=O)c1cc(I)cc(I)c1I)C(F)(F)S(=O)(=O)O. The number of imide groups is 1. The molecule has 2 aromatic rings. The lowest BCUT2D eigenvalue weighted by Crippen LogP contribution is -2.42. The van der Waals surface area contributed by atoms with Gasteiger partial charge < -0.3 is 4.74 Å². The Bertz CT molecular complexity index is 1210. The van der Waals surface area contributed by atoms with E-state index in [-0.39, 0.29) is 11.1 Å². The van der Waals surface area contributed by atoms with Crippen LogP contribution in [-0.4, -0.2) is 42.1 Å². The van der Waals surface area contributed by atoms with Crippen molar-refractivity contribution in [2.45, 2.75) is 18.3 Å². The minimum Gasteiger partial charge on any atom is -0.451 e. The quantitative estimate of drug-likeness (QED) is 0.148. The zero-order valence-electron chi connectivity index (χ0n) is 15.7. The van der Waals surface area contributed by atoms with Crippen LogP contribution in [0.25, 0.3) is 0 Å². The van der Waals surface area contributed by atoms with Gasteiger partial charge >= 0.3 is 21.3 Å². The Morgan fingerprint density at radius 1 is 1.03 bits per heavy atom. The maximum Gasteiger partial charge on any atom is 0.405 e. The van der Waals surface area contributed by atoms with Crippen molar-refractivity contribution in [1.29, 1.82) is 0 Å². The van der Waals surface area contributed by atoms with E-state index in [2.05, 4.69) is 10.1 Å². The van der Waals surface area contributed by atoms with Crippen LogP contribution < -0.4 is 5.32 Å². The summed E-state index contributed by atoms with van der Waals surface area (Å²) in [4.78, 5) is 37.6. The number of alkyl halides is 2. The fourth-order valence-corrected chi connectivity index (χ4v) is 5.19. The molecule has 2 amide bonds. The number of carbonyl (C=O) groups is 3. The zero-order valence-corrected chi connectivity index (χ0v) is 23.0. The molecule has 14 heteroatoms. The Balaban J connectivity index is 2.29. The molecule has 2 rings (SSSR count). The lowest BCUT2D eigenvalue weighted by Gasteiger charge is -2.21. The van der Waals surface area contributed by atoms with Gasteiger partial charge in [-0.05, 0) is 99.0 Å². The predicted octanol–water partition coefficient (Wildman–Crippen LogP) is 4.10. The van der Waals surface area contributed by atoms with E-state index in [0.717, 1.165) is 19.3 Å². The van der Waals surface area contributed by atoms with Crippen LogP contribution in [0.1, 0.15) is 38.0 Å². The second kappa shape index (κ2) is 10.5. The smallest absolute Gasteiger partial charge is 0.405 e. The third kappa shape index (κ3) is 6.11. The van der Waals surface area contributed by atoms with Crippen molar-refractivity contribution in [3.05, 3.63) is 63.8 Å². The highest BCUT2D eigenvalue weighted by molar-refractivity contribution is 14.1. The van der Waals surface area contributed by atoms with Crippen LogP contribution in [0.4, 0.5) is 8.78 Å². The summed E-state index contributed by atoms with van der Waals surface area (Å²) >= 11 is 5.98. The number of amides is 2. The number of rotatable bonds is 6. The average Bonchev–Trinajstić information content (AvgIpc) is 2.69. The molecule has 0 saturated heterocycles. The first-order valence-corrected chi connectivity index (χ1v) is 13.0. The van der Waals surface area contributed by atoms with Crippen LogP contribution in [0.2, 0.25) is 0 Å². The van der Waals surface area contributed by atoms with Crippen LogP contribution in [-0.2, 0) is 14.9 Å². The number of hydrogen-bond donors (Lipinski definition) is 2. The molecule has 0 fully saturated rings. The highest BCUT2D eigenvalue weighted by Crippen LogP contribution is 2.28. The second-order valence-electron chi connectivity index (χ2n) is 6.16. The Kier molecular flexibility index (Phi) is 8.96. The van der Waals surface area contributed by atoms with Crippen molar-refractivity contribution in [2.75, 3.05) is 0 Å². The molecule has 172 valence electrons. The highest BCUT2D eigenvalue weighted by Gasteiger charge is 2.52. The largest absolute Gasteiger partial charge is 0.451 e. The van der Waals surface area contributed by atoms with Crippen molar-refractivity contribution in [1.82, 2.24) is 5.32 Å². The summed E-state index contributed by atoms with van der Waals surface area (Å²) in [6, 6.07) is 8.31. The normalized spacial score (nSPS) is 12.7. The molecule has 1 atom stereocenters. The van der Waals surface area contributed by atoms with Crippen LogP contribution in [0.5, 0.6) is 0 Å². The number of esters is 1. The van der Waals surface area contributed by atoms with Gasteiger partial charge in [-0.15, -0.1) is 0 Å². The van der Waals surface area contributed by atoms with Crippen molar-refractivity contribution >= 4 is 95.7 Å². The van der Waals surface area contributed by atoms with Crippen molar-refractivity contribution in [2.24, 2.45) is 0 Å². The molecule has 2 N–H and O–H groups in total. The van der Waals surface area contributed by atoms with E-state index >= 15 is 0 Å². The molecule has 1 unspecified atom stereocenters. The molecule has 0 spiro atoms. The van der Waals surface area contributed by atoms with E-state index in [1.807, 2.05) is 73.8 Å². The molecule has 0 aromatic heterocycles. The third-order valence-corrected chi connectivity index (χ3v) is 8.64. The Hall–Kier alpha value is -0.990. The van der Waals surface area contributed by atoms with Gasteiger partial charge in [0, 0.05) is 10.7 Å².